The molecule has 2 rings (SSSR count). The van der Waals surface area contributed by atoms with E-state index in [0.717, 1.165) is 11.1 Å². The van der Waals surface area contributed by atoms with Gasteiger partial charge in [0.25, 0.3) is 0 Å². The van der Waals surface area contributed by atoms with E-state index in [1.165, 1.54) is 18.2 Å². The summed E-state index contributed by atoms with van der Waals surface area (Å²) in [6.07, 6.45) is -4.26. The third-order valence-electron chi connectivity index (χ3n) is 4.22. The van der Waals surface area contributed by atoms with Crippen molar-refractivity contribution in [1.82, 2.24) is 0 Å². The molecule has 28 heavy (non-hydrogen) atoms. The molecular formula is C23H27F4N. The van der Waals surface area contributed by atoms with Crippen LogP contribution in [-0.2, 0) is 17.0 Å². The number of nitriles is 1. The van der Waals surface area contributed by atoms with E-state index in [1.807, 2.05) is 47.6 Å². The second kappa shape index (κ2) is 8.34. The van der Waals surface area contributed by atoms with Gasteiger partial charge in [-0.1, -0.05) is 59.2 Å². The summed E-state index contributed by atoms with van der Waals surface area (Å²) < 4.78 is 50.5. The monoisotopic (exact) mass is 393 g/mol. The standard InChI is InChI=1S/C12H15F3.C11H12FN/c1-8-5-9(11(2,3)4)7-10(6-8)12(13,14)15;1-11(2,3)9-4-5-10(12)8(6-9)7-13/h5-7H,1-4H3;4-6H,1-3H3. The molecule has 0 unspecified atom stereocenters. The van der Waals surface area contributed by atoms with Crippen molar-refractivity contribution in [2.45, 2.75) is 65.5 Å². The van der Waals surface area contributed by atoms with E-state index >= 15 is 0 Å². The van der Waals surface area contributed by atoms with Gasteiger partial charge in [0.2, 0.25) is 0 Å². The van der Waals surface area contributed by atoms with E-state index in [9.17, 15) is 17.6 Å². The molecule has 0 N–H and O–H groups in total. The summed E-state index contributed by atoms with van der Waals surface area (Å²) >= 11 is 0. The summed E-state index contributed by atoms with van der Waals surface area (Å²) in [5.74, 6) is -0.449. The topological polar surface area (TPSA) is 23.8 Å². The maximum absolute atomic E-state index is 12.9. The molecule has 0 bridgehead atoms. The van der Waals surface area contributed by atoms with Crippen molar-refractivity contribution < 1.29 is 17.6 Å². The Morgan fingerprint density at radius 2 is 1.25 bits per heavy atom. The van der Waals surface area contributed by atoms with Gasteiger partial charge in [0.15, 0.2) is 0 Å². The second-order valence-electron chi connectivity index (χ2n) is 8.89. The molecule has 0 aliphatic heterocycles. The zero-order valence-electron chi connectivity index (χ0n) is 17.4. The summed E-state index contributed by atoms with van der Waals surface area (Å²) in [4.78, 5) is 0. The fourth-order valence-corrected chi connectivity index (χ4v) is 2.46. The maximum Gasteiger partial charge on any atom is 0.416 e. The molecule has 0 heterocycles. The van der Waals surface area contributed by atoms with Gasteiger partial charge < -0.3 is 0 Å². The van der Waals surface area contributed by atoms with E-state index in [4.69, 9.17) is 5.26 Å². The Morgan fingerprint density at radius 3 is 1.68 bits per heavy atom. The molecule has 0 saturated carbocycles. The Morgan fingerprint density at radius 1 is 0.750 bits per heavy atom. The largest absolute Gasteiger partial charge is 0.416 e. The maximum atomic E-state index is 12.9. The number of hydrogen-bond acceptors (Lipinski definition) is 1. The molecule has 1 nitrogen and oxygen atoms in total. The molecule has 0 spiro atoms. The van der Waals surface area contributed by atoms with Gasteiger partial charge in [-0.05, 0) is 53.1 Å². The molecular weight excluding hydrogens is 366 g/mol. The van der Waals surface area contributed by atoms with Gasteiger partial charge in [-0.3, -0.25) is 0 Å². The van der Waals surface area contributed by atoms with Gasteiger partial charge in [-0.2, -0.15) is 18.4 Å². The van der Waals surface area contributed by atoms with Crippen molar-refractivity contribution in [2.24, 2.45) is 0 Å². The molecule has 0 aromatic heterocycles. The van der Waals surface area contributed by atoms with Crippen molar-refractivity contribution in [3.63, 3.8) is 0 Å². The molecule has 0 fully saturated rings. The first-order valence-corrected chi connectivity index (χ1v) is 8.95. The van der Waals surface area contributed by atoms with Crippen LogP contribution in [0.25, 0.3) is 0 Å². The van der Waals surface area contributed by atoms with Crippen LogP contribution in [0, 0.1) is 24.1 Å². The number of rotatable bonds is 0. The average molecular weight is 393 g/mol. The zero-order chi connectivity index (χ0) is 21.9. The normalized spacial score (nSPS) is 12.1. The molecule has 0 aliphatic rings. The van der Waals surface area contributed by atoms with Gasteiger partial charge >= 0.3 is 6.18 Å². The first kappa shape index (κ1) is 23.7. The number of alkyl halides is 3. The summed E-state index contributed by atoms with van der Waals surface area (Å²) in [5.41, 5.74) is 1.60. The number of benzene rings is 2. The third kappa shape index (κ3) is 6.67. The van der Waals surface area contributed by atoms with Crippen molar-refractivity contribution in [1.29, 1.82) is 5.26 Å². The van der Waals surface area contributed by atoms with Crippen molar-refractivity contribution in [3.8, 4) is 6.07 Å². The van der Waals surface area contributed by atoms with Gasteiger partial charge in [0.1, 0.15) is 11.9 Å². The fraction of sp³-hybridized carbons (Fsp3) is 0.435. The van der Waals surface area contributed by atoms with Gasteiger partial charge in [-0.15, -0.1) is 0 Å². The van der Waals surface area contributed by atoms with E-state index in [-0.39, 0.29) is 16.4 Å². The Bertz CT molecular complexity index is 828. The summed E-state index contributed by atoms with van der Waals surface area (Å²) in [6.45, 7) is 13.5. The minimum absolute atomic E-state index is 0.0424. The van der Waals surface area contributed by atoms with E-state index in [0.29, 0.717) is 5.56 Å². The Balaban J connectivity index is 0.000000283. The molecule has 0 amide bonds. The van der Waals surface area contributed by atoms with Crippen LogP contribution in [0.15, 0.2) is 36.4 Å². The summed E-state index contributed by atoms with van der Waals surface area (Å²) in [6, 6.07) is 10.7. The molecule has 2 aromatic carbocycles. The predicted molar refractivity (Wildman–Crippen MR) is 105 cm³/mol. The van der Waals surface area contributed by atoms with E-state index < -0.39 is 17.6 Å². The van der Waals surface area contributed by atoms with Gasteiger partial charge in [-0.25, -0.2) is 4.39 Å². The summed E-state index contributed by atoms with van der Waals surface area (Å²) in [7, 11) is 0. The molecule has 152 valence electrons. The lowest BCUT2D eigenvalue weighted by atomic mass is 9.85. The van der Waals surface area contributed by atoms with Crippen molar-refractivity contribution in [3.05, 3.63) is 70.0 Å². The molecule has 2 aromatic rings. The van der Waals surface area contributed by atoms with Crippen LogP contribution in [0.5, 0.6) is 0 Å². The van der Waals surface area contributed by atoms with Crippen LogP contribution in [-0.4, -0.2) is 0 Å². The quantitative estimate of drug-likeness (QED) is 0.431. The highest BCUT2D eigenvalue weighted by Gasteiger charge is 2.31. The van der Waals surface area contributed by atoms with Gasteiger partial charge in [0, 0.05) is 0 Å². The van der Waals surface area contributed by atoms with Crippen LogP contribution in [0.4, 0.5) is 17.6 Å². The predicted octanol–water partition coefficient (Wildman–Crippen LogP) is 7.31. The molecule has 0 aliphatic carbocycles. The van der Waals surface area contributed by atoms with Crippen LogP contribution in [0.2, 0.25) is 0 Å². The van der Waals surface area contributed by atoms with Crippen LogP contribution in [0.3, 0.4) is 0 Å². The Kier molecular flexibility index (Phi) is 7.06. The van der Waals surface area contributed by atoms with E-state index in [2.05, 4.69) is 0 Å². The fourth-order valence-electron chi connectivity index (χ4n) is 2.46. The number of nitrogens with zero attached hydrogens (tertiary/aromatic N) is 1. The molecule has 5 heteroatoms. The first-order chi connectivity index (χ1) is 12.6. The lowest BCUT2D eigenvalue weighted by molar-refractivity contribution is -0.137. The van der Waals surface area contributed by atoms with Crippen LogP contribution >= 0.6 is 0 Å². The van der Waals surface area contributed by atoms with Crippen molar-refractivity contribution >= 4 is 0 Å². The highest BCUT2D eigenvalue weighted by Crippen LogP contribution is 2.33. The molecule has 0 radical (unpaired) electrons. The number of halogens is 4. The SMILES string of the molecule is CC(C)(C)c1ccc(F)c(C#N)c1.Cc1cc(C(C)(C)C)cc(C(F)(F)F)c1. The highest BCUT2D eigenvalue weighted by molar-refractivity contribution is 5.37. The molecule has 0 atom stereocenters. The highest BCUT2D eigenvalue weighted by atomic mass is 19.4. The Hall–Kier alpha value is -2.35. The summed E-state index contributed by atoms with van der Waals surface area (Å²) in [5, 5.41) is 8.62. The lowest BCUT2D eigenvalue weighted by Crippen LogP contribution is -2.14. The van der Waals surface area contributed by atoms with Gasteiger partial charge in [0.05, 0.1) is 11.1 Å². The van der Waals surface area contributed by atoms with Crippen LogP contribution < -0.4 is 0 Å². The smallest absolute Gasteiger partial charge is 0.206 e. The minimum atomic E-state index is -4.26. The number of aryl methyl sites for hydroxylation is 1. The second-order valence-corrected chi connectivity index (χ2v) is 8.89. The Labute approximate surface area is 165 Å². The third-order valence-corrected chi connectivity index (χ3v) is 4.22. The van der Waals surface area contributed by atoms with E-state index in [1.54, 1.807) is 25.1 Å². The van der Waals surface area contributed by atoms with Crippen molar-refractivity contribution in [2.75, 3.05) is 0 Å². The minimum Gasteiger partial charge on any atom is -0.206 e. The number of hydrogen-bond donors (Lipinski definition) is 0. The average Bonchev–Trinajstić information content (AvgIpc) is 2.52. The first-order valence-electron chi connectivity index (χ1n) is 8.95. The molecule has 0 saturated heterocycles. The zero-order valence-corrected chi connectivity index (χ0v) is 17.4. The lowest BCUT2D eigenvalue weighted by Gasteiger charge is -2.21. The van der Waals surface area contributed by atoms with Crippen LogP contribution in [0.1, 0.15) is 69.4 Å².